The zero-order valence-corrected chi connectivity index (χ0v) is 12.0. The molecule has 0 aliphatic heterocycles. The van der Waals surface area contributed by atoms with Crippen molar-refractivity contribution in [2.24, 2.45) is 0 Å². The van der Waals surface area contributed by atoms with E-state index >= 15 is 0 Å². The largest absolute Gasteiger partial charge is 0.448 e. The van der Waals surface area contributed by atoms with E-state index in [1.165, 1.54) is 12.1 Å². The van der Waals surface area contributed by atoms with Crippen LogP contribution >= 0.6 is 0 Å². The first-order valence-corrected chi connectivity index (χ1v) is 7.72. The molecule has 0 saturated heterocycles. The molecule has 0 spiro atoms. The standard InChI is InChI=1S/C13H13FN2O4S/c1-9-12(16-8-20-9)13(17)15-6-7-21(18,19)11-4-2-10(14)3-5-11/h2-5,8H,6-7H2,1H3,(H,15,17). The summed E-state index contributed by atoms with van der Waals surface area (Å²) in [6.45, 7) is 1.50. The Morgan fingerprint density at radius 2 is 2.00 bits per heavy atom. The number of hydrogen-bond acceptors (Lipinski definition) is 5. The number of aryl methyl sites for hydroxylation is 1. The Kier molecular flexibility index (Phi) is 4.37. The maximum absolute atomic E-state index is 12.8. The molecule has 2 aromatic rings. The lowest BCUT2D eigenvalue weighted by Gasteiger charge is -2.06. The Bertz CT molecular complexity index is 738. The second-order valence-corrected chi connectivity index (χ2v) is 6.39. The number of carbonyl (C=O) groups is 1. The number of benzene rings is 1. The molecule has 0 aliphatic carbocycles. The van der Waals surface area contributed by atoms with Gasteiger partial charge in [0.2, 0.25) is 0 Å². The van der Waals surface area contributed by atoms with Gasteiger partial charge in [-0.1, -0.05) is 0 Å². The molecule has 1 aromatic carbocycles. The van der Waals surface area contributed by atoms with Gasteiger partial charge in [0, 0.05) is 6.54 Å². The van der Waals surface area contributed by atoms with Crippen molar-refractivity contribution in [3.8, 4) is 0 Å². The maximum Gasteiger partial charge on any atom is 0.273 e. The van der Waals surface area contributed by atoms with Crippen molar-refractivity contribution in [1.82, 2.24) is 10.3 Å². The third kappa shape index (κ3) is 3.66. The predicted molar refractivity (Wildman–Crippen MR) is 72.0 cm³/mol. The number of nitrogens with one attached hydrogen (secondary N) is 1. The van der Waals surface area contributed by atoms with Crippen molar-refractivity contribution in [3.63, 3.8) is 0 Å². The zero-order valence-electron chi connectivity index (χ0n) is 11.2. The highest BCUT2D eigenvalue weighted by Gasteiger charge is 2.17. The third-order valence-electron chi connectivity index (χ3n) is 2.79. The van der Waals surface area contributed by atoms with Crippen LogP contribution in [0.4, 0.5) is 4.39 Å². The molecule has 21 heavy (non-hydrogen) atoms. The fraction of sp³-hybridized carbons (Fsp3) is 0.231. The summed E-state index contributed by atoms with van der Waals surface area (Å²) >= 11 is 0. The average Bonchev–Trinajstić information content (AvgIpc) is 2.85. The Labute approximate surface area is 120 Å². The smallest absolute Gasteiger partial charge is 0.273 e. The minimum absolute atomic E-state index is 0.00997. The molecule has 8 heteroatoms. The van der Waals surface area contributed by atoms with Crippen LogP contribution in [-0.4, -0.2) is 31.6 Å². The molecule has 0 bridgehead atoms. The molecular weight excluding hydrogens is 299 g/mol. The SMILES string of the molecule is Cc1ocnc1C(=O)NCCS(=O)(=O)c1ccc(F)cc1. The van der Waals surface area contributed by atoms with E-state index in [0.717, 1.165) is 18.5 Å². The summed E-state index contributed by atoms with van der Waals surface area (Å²) in [6.07, 6.45) is 1.14. The molecule has 112 valence electrons. The molecule has 0 atom stereocenters. The highest BCUT2D eigenvalue weighted by atomic mass is 32.2. The number of halogens is 1. The summed E-state index contributed by atoms with van der Waals surface area (Å²) in [6, 6.07) is 4.52. The molecule has 6 nitrogen and oxygen atoms in total. The van der Waals surface area contributed by atoms with Crippen LogP contribution in [0.3, 0.4) is 0 Å². The summed E-state index contributed by atoms with van der Waals surface area (Å²) in [5, 5.41) is 2.45. The normalized spacial score (nSPS) is 11.3. The van der Waals surface area contributed by atoms with Crippen LogP contribution in [0.15, 0.2) is 40.0 Å². The topological polar surface area (TPSA) is 89.3 Å². The molecule has 2 rings (SSSR count). The molecule has 0 fully saturated rings. The Morgan fingerprint density at radius 1 is 1.33 bits per heavy atom. The van der Waals surface area contributed by atoms with Gasteiger partial charge in [0.15, 0.2) is 21.9 Å². The van der Waals surface area contributed by atoms with Crippen LogP contribution in [0.25, 0.3) is 0 Å². The average molecular weight is 312 g/mol. The Morgan fingerprint density at radius 3 is 2.57 bits per heavy atom. The van der Waals surface area contributed by atoms with Crippen LogP contribution in [0.5, 0.6) is 0 Å². The third-order valence-corrected chi connectivity index (χ3v) is 4.52. The first-order chi connectivity index (χ1) is 9.90. The fourth-order valence-electron chi connectivity index (χ4n) is 1.67. The van der Waals surface area contributed by atoms with E-state index in [-0.39, 0.29) is 22.9 Å². The minimum atomic E-state index is -3.58. The molecule has 1 N–H and O–H groups in total. The van der Waals surface area contributed by atoms with E-state index in [9.17, 15) is 17.6 Å². The quantitative estimate of drug-likeness (QED) is 0.841. The summed E-state index contributed by atoms with van der Waals surface area (Å²) in [4.78, 5) is 15.5. The molecule has 1 amide bonds. The first kappa shape index (κ1) is 15.2. The molecule has 0 aliphatic rings. The number of aromatic nitrogens is 1. The lowest BCUT2D eigenvalue weighted by Crippen LogP contribution is -2.29. The predicted octanol–water partition coefficient (Wildman–Crippen LogP) is 1.33. The molecule has 1 heterocycles. The molecule has 0 radical (unpaired) electrons. The van der Waals surface area contributed by atoms with Crippen LogP contribution in [-0.2, 0) is 9.84 Å². The highest BCUT2D eigenvalue weighted by Crippen LogP contribution is 2.11. The van der Waals surface area contributed by atoms with Gasteiger partial charge < -0.3 is 9.73 Å². The van der Waals surface area contributed by atoms with Gasteiger partial charge in [0.25, 0.3) is 5.91 Å². The molecule has 0 saturated carbocycles. The van der Waals surface area contributed by atoms with Crippen LogP contribution in [0, 0.1) is 12.7 Å². The first-order valence-electron chi connectivity index (χ1n) is 6.07. The van der Waals surface area contributed by atoms with Gasteiger partial charge in [-0.25, -0.2) is 17.8 Å². The molecule has 1 aromatic heterocycles. The second kappa shape index (κ2) is 6.04. The highest BCUT2D eigenvalue weighted by molar-refractivity contribution is 7.91. The molecule has 0 unspecified atom stereocenters. The Balaban J connectivity index is 1.95. The van der Waals surface area contributed by atoms with E-state index in [1.807, 2.05) is 0 Å². The number of sulfone groups is 1. The monoisotopic (exact) mass is 312 g/mol. The molecular formula is C13H13FN2O4S. The lowest BCUT2D eigenvalue weighted by molar-refractivity contribution is 0.0950. The van der Waals surface area contributed by atoms with Crippen molar-refractivity contribution in [1.29, 1.82) is 0 Å². The van der Waals surface area contributed by atoms with Crippen LogP contribution in [0.2, 0.25) is 0 Å². The van der Waals surface area contributed by atoms with E-state index in [2.05, 4.69) is 10.3 Å². The second-order valence-electron chi connectivity index (χ2n) is 4.29. The number of carbonyl (C=O) groups excluding carboxylic acids is 1. The van der Waals surface area contributed by atoms with Crippen molar-refractivity contribution in [2.75, 3.05) is 12.3 Å². The summed E-state index contributed by atoms with van der Waals surface area (Å²) in [7, 11) is -3.58. The van der Waals surface area contributed by atoms with Gasteiger partial charge >= 0.3 is 0 Å². The number of nitrogens with zero attached hydrogens (tertiary/aromatic N) is 1. The Hall–Kier alpha value is -2.22. The van der Waals surface area contributed by atoms with Gasteiger partial charge in [-0.3, -0.25) is 4.79 Å². The van der Waals surface area contributed by atoms with E-state index in [1.54, 1.807) is 6.92 Å². The zero-order chi connectivity index (χ0) is 15.5. The van der Waals surface area contributed by atoms with E-state index < -0.39 is 21.6 Å². The fourth-order valence-corrected chi connectivity index (χ4v) is 2.82. The van der Waals surface area contributed by atoms with Gasteiger partial charge in [-0.15, -0.1) is 0 Å². The number of rotatable bonds is 5. The van der Waals surface area contributed by atoms with E-state index in [0.29, 0.717) is 5.76 Å². The van der Waals surface area contributed by atoms with Crippen LogP contribution < -0.4 is 5.32 Å². The van der Waals surface area contributed by atoms with Gasteiger partial charge in [0.1, 0.15) is 11.6 Å². The van der Waals surface area contributed by atoms with Gasteiger partial charge in [0.05, 0.1) is 10.6 Å². The maximum atomic E-state index is 12.8. The van der Waals surface area contributed by atoms with Crippen molar-refractivity contribution in [2.45, 2.75) is 11.8 Å². The number of oxazole rings is 1. The summed E-state index contributed by atoms with van der Waals surface area (Å²) in [5.41, 5.74) is 0.120. The lowest BCUT2D eigenvalue weighted by atomic mass is 10.3. The van der Waals surface area contributed by atoms with Crippen LogP contribution in [0.1, 0.15) is 16.2 Å². The van der Waals surface area contributed by atoms with Crippen molar-refractivity contribution < 1.29 is 22.0 Å². The van der Waals surface area contributed by atoms with Crippen molar-refractivity contribution >= 4 is 15.7 Å². The van der Waals surface area contributed by atoms with E-state index in [4.69, 9.17) is 4.42 Å². The van der Waals surface area contributed by atoms with Gasteiger partial charge in [-0.2, -0.15) is 0 Å². The minimum Gasteiger partial charge on any atom is -0.448 e. The summed E-state index contributed by atoms with van der Waals surface area (Å²) < 4.78 is 41.6. The van der Waals surface area contributed by atoms with Gasteiger partial charge in [-0.05, 0) is 31.2 Å². The summed E-state index contributed by atoms with van der Waals surface area (Å²) in [5.74, 6) is -0.949. The number of amides is 1. The number of hydrogen-bond donors (Lipinski definition) is 1. The van der Waals surface area contributed by atoms with Crippen molar-refractivity contribution in [3.05, 3.63) is 47.9 Å².